The quantitative estimate of drug-likeness (QED) is 0.859. The first-order chi connectivity index (χ1) is 10.2. The van der Waals surface area contributed by atoms with Crippen LogP contribution in [0.5, 0.6) is 0 Å². The van der Waals surface area contributed by atoms with Crippen molar-refractivity contribution in [3.8, 4) is 0 Å². The van der Waals surface area contributed by atoms with Crippen LogP contribution in [0, 0.1) is 0 Å². The lowest BCUT2D eigenvalue weighted by molar-refractivity contribution is -0.129. The van der Waals surface area contributed by atoms with E-state index in [9.17, 15) is 4.79 Å². The molecule has 1 aromatic carbocycles. The van der Waals surface area contributed by atoms with Crippen LogP contribution in [0.25, 0.3) is 0 Å². The van der Waals surface area contributed by atoms with Gasteiger partial charge in [0.15, 0.2) is 0 Å². The van der Waals surface area contributed by atoms with E-state index in [1.165, 1.54) is 29.8 Å². The van der Waals surface area contributed by atoms with Crippen molar-refractivity contribution in [1.29, 1.82) is 0 Å². The minimum absolute atomic E-state index is 0.350. The van der Waals surface area contributed by atoms with Crippen LogP contribution in [0.15, 0.2) is 18.2 Å². The Morgan fingerprint density at radius 2 is 2.10 bits per heavy atom. The first kappa shape index (κ1) is 13.0. The van der Waals surface area contributed by atoms with Crippen LogP contribution in [0.1, 0.15) is 31.7 Å². The van der Waals surface area contributed by atoms with Gasteiger partial charge in [-0.05, 0) is 49.9 Å². The second-order valence-corrected chi connectivity index (χ2v) is 6.65. The van der Waals surface area contributed by atoms with E-state index >= 15 is 0 Å². The van der Waals surface area contributed by atoms with Gasteiger partial charge in [0.1, 0.15) is 0 Å². The molecular formula is C17H23N3O. The molecule has 3 aliphatic rings. The Balaban J connectivity index is 1.53. The highest BCUT2D eigenvalue weighted by Crippen LogP contribution is 2.31. The molecule has 0 radical (unpaired) electrons. The van der Waals surface area contributed by atoms with Gasteiger partial charge < -0.3 is 15.1 Å². The molecule has 2 atom stereocenters. The predicted molar refractivity (Wildman–Crippen MR) is 84.8 cm³/mol. The second-order valence-electron chi connectivity index (χ2n) is 6.65. The highest BCUT2D eigenvalue weighted by molar-refractivity contribution is 5.79. The third-order valence-corrected chi connectivity index (χ3v) is 5.20. The lowest BCUT2D eigenvalue weighted by Crippen LogP contribution is -2.51. The SMILES string of the molecule is CC1CCc2cc(N3CCN4C(=O)CCC4C3)ccc2N1. The summed E-state index contributed by atoms with van der Waals surface area (Å²) in [5.74, 6) is 0.350. The summed E-state index contributed by atoms with van der Waals surface area (Å²) in [7, 11) is 0. The Kier molecular flexibility index (Phi) is 3.05. The zero-order valence-corrected chi connectivity index (χ0v) is 12.6. The fourth-order valence-electron chi connectivity index (χ4n) is 3.93. The Labute approximate surface area is 126 Å². The number of aryl methyl sites for hydroxylation is 1. The van der Waals surface area contributed by atoms with Crippen LogP contribution >= 0.6 is 0 Å². The number of hydrogen-bond acceptors (Lipinski definition) is 3. The van der Waals surface area contributed by atoms with Gasteiger partial charge in [-0.1, -0.05) is 0 Å². The molecule has 0 aliphatic carbocycles. The molecule has 3 heterocycles. The number of nitrogens with one attached hydrogen (secondary N) is 1. The maximum absolute atomic E-state index is 11.8. The van der Waals surface area contributed by atoms with E-state index in [-0.39, 0.29) is 0 Å². The molecule has 0 aromatic heterocycles. The molecule has 0 spiro atoms. The number of rotatable bonds is 1. The van der Waals surface area contributed by atoms with Gasteiger partial charge in [-0.2, -0.15) is 0 Å². The van der Waals surface area contributed by atoms with E-state index in [1.54, 1.807) is 0 Å². The average molecular weight is 285 g/mol. The van der Waals surface area contributed by atoms with Crippen LogP contribution in [0.2, 0.25) is 0 Å². The minimum Gasteiger partial charge on any atom is -0.382 e. The van der Waals surface area contributed by atoms with Crippen LogP contribution in [-0.4, -0.2) is 42.5 Å². The molecule has 0 saturated carbocycles. The first-order valence-electron chi connectivity index (χ1n) is 8.14. The van der Waals surface area contributed by atoms with Crippen LogP contribution in [-0.2, 0) is 11.2 Å². The molecule has 2 saturated heterocycles. The number of anilines is 2. The highest BCUT2D eigenvalue weighted by Gasteiger charge is 2.35. The van der Waals surface area contributed by atoms with Crippen LogP contribution in [0.4, 0.5) is 11.4 Å². The van der Waals surface area contributed by atoms with Crippen LogP contribution < -0.4 is 10.2 Å². The maximum Gasteiger partial charge on any atom is 0.223 e. The normalized spacial score (nSPS) is 28.1. The number of nitrogens with zero attached hydrogens (tertiary/aromatic N) is 2. The van der Waals surface area contributed by atoms with Crippen molar-refractivity contribution in [3.05, 3.63) is 23.8 Å². The predicted octanol–water partition coefficient (Wildman–Crippen LogP) is 2.24. The van der Waals surface area contributed by atoms with Crippen molar-refractivity contribution in [2.75, 3.05) is 29.9 Å². The van der Waals surface area contributed by atoms with E-state index < -0.39 is 0 Å². The van der Waals surface area contributed by atoms with Crippen LogP contribution in [0.3, 0.4) is 0 Å². The standard InChI is InChI=1S/C17H23N3O/c1-12-2-3-13-10-14(4-6-16(13)18-12)19-8-9-20-15(11-19)5-7-17(20)21/h4,6,10,12,15,18H,2-3,5,7-9,11H2,1H3. The third-order valence-electron chi connectivity index (χ3n) is 5.20. The molecular weight excluding hydrogens is 262 g/mol. The van der Waals surface area contributed by atoms with Crippen molar-refractivity contribution in [2.24, 2.45) is 0 Å². The van der Waals surface area contributed by atoms with Gasteiger partial charge in [-0.15, -0.1) is 0 Å². The Morgan fingerprint density at radius 1 is 1.19 bits per heavy atom. The molecule has 0 bridgehead atoms. The lowest BCUT2D eigenvalue weighted by atomic mass is 9.98. The topological polar surface area (TPSA) is 35.6 Å². The molecule has 21 heavy (non-hydrogen) atoms. The van der Waals surface area contributed by atoms with Crippen molar-refractivity contribution in [1.82, 2.24) is 4.90 Å². The molecule has 1 amide bonds. The number of carbonyl (C=O) groups excluding carboxylic acids is 1. The van der Waals surface area contributed by atoms with Gasteiger partial charge in [-0.3, -0.25) is 4.79 Å². The van der Waals surface area contributed by atoms with Crippen molar-refractivity contribution in [2.45, 2.75) is 44.7 Å². The van der Waals surface area contributed by atoms with Gasteiger partial charge >= 0.3 is 0 Å². The minimum atomic E-state index is 0.350. The molecule has 1 aromatic rings. The summed E-state index contributed by atoms with van der Waals surface area (Å²) in [6, 6.07) is 7.82. The maximum atomic E-state index is 11.8. The lowest BCUT2D eigenvalue weighted by Gasteiger charge is -2.39. The summed E-state index contributed by atoms with van der Waals surface area (Å²) in [4.78, 5) is 16.3. The number of amides is 1. The fourth-order valence-corrected chi connectivity index (χ4v) is 3.93. The largest absolute Gasteiger partial charge is 0.382 e. The summed E-state index contributed by atoms with van der Waals surface area (Å²) in [5.41, 5.74) is 4.06. The molecule has 2 fully saturated rings. The van der Waals surface area contributed by atoms with Crippen molar-refractivity contribution >= 4 is 17.3 Å². The van der Waals surface area contributed by atoms with E-state index in [0.717, 1.165) is 32.5 Å². The summed E-state index contributed by atoms with van der Waals surface area (Å²) < 4.78 is 0. The third kappa shape index (κ3) is 2.27. The molecule has 3 aliphatic heterocycles. The van der Waals surface area contributed by atoms with Gasteiger partial charge in [0.05, 0.1) is 0 Å². The number of piperazine rings is 1. The smallest absolute Gasteiger partial charge is 0.223 e. The second kappa shape index (κ2) is 4.93. The fraction of sp³-hybridized carbons (Fsp3) is 0.588. The zero-order chi connectivity index (χ0) is 14.4. The number of carbonyl (C=O) groups is 1. The van der Waals surface area contributed by atoms with Gasteiger partial charge in [0, 0.05) is 49.5 Å². The monoisotopic (exact) mass is 285 g/mol. The number of benzene rings is 1. The van der Waals surface area contributed by atoms with E-state index in [4.69, 9.17) is 0 Å². The van der Waals surface area contributed by atoms with Gasteiger partial charge in [0.2, 0.25) is 5.91 Å². The summed E-state index contributed by atoms with van der Waals surface area (Å²) in [5, 5.41) is 3.56. The van der Waals surface area contributed by atoms with E-state index in [2.05, 4.69) is 40.2 Å². The van der Waals surface area contributed by atoms with Crippen molar-refractivity contribution in [3.63, 3.8) is 0 Å². The molecule has 112 valence electrons. The average Bonchev–Trinajstić information content (AvgIpc) is 2.87. The van der Waals surface area contributed by atoms with Gasteiger partial charge in [0.25, 0.3) is 0 Å². The molecule has 2 unspecified atom stereocenters. The van der Waals surface area contributed by atoms with E-state index in [0.29, 0.717) is 18.0 Å². The molecule has 4 rings (SSSR count). The Hall–Kier alpha value is -1.71. The zero-order valence-electron chi connectivity index (χ0n) is 12.6. The Morgan fingerprint density at radius 3 is 3.00 bits per heavy atom. The molecule has 4 heteroatoms. The van der Waals surface area contributed by atoms with Crippen molar-refractivity contribution < 1.29 is 4.79 Å². The summed E-state index contributed by atoms with van der Waals surface area (Å²) in [6.07, 6.45) is 4.14. The van der Waals surface area contributed by atoms with E-state index in [1.807, 2.05) is 0 Å². The number of hydrogen-bond donors (Lipinski definition) is 1. The first-order valence-corrected chi connectivity index (χ1v) is 8.14. The van der Waals surface area contributed by atoms with Gasteiger partial charge in [-0.25, -0.2) is 0 Å². The molecule has 4 nitrogen and oxygen atoms in total. The molecule has 1 N–H and O–H groups in total. The number of fused-ring (bicyclic) bond motifs is 2. The summed E-state index contributed by atoms with van der Waals surface area (Å²) in [6.45, 7) is 5.09. The Bertz CT molecular complexity index is 571. The highest BCUT2D eigenvalue weighted by atomic mass is 16.2. The summed E-state index contributed by atoms with van der Waals surface area (Å²) >= 11 is 0.